The summed E-state index contributed by atoms with van der Waals surface area (Å²) in [7, 11) is 4.29. The van der Waals surface area contributed by atoms with Crippen molar-refractivity contribution in [2.75, 3.05) is 14.1 Å². The van der Waals surface area contributed by atoms with Crippen LogP contribution in [0.15, 0.2) is 30.3 Å². The Hall–Kier alpha value is 0.0495. The van der Waals surface area contributed by atoms with E-state index in [0.717, 1.165) is 0 Å². The number of hydrogen-bond acceptors (Lipinski definition) is 2. The molecule has 10 radical (unpaired) electrons. The van der Waals surface area contributed by atoms with Crippen LogP contribution in [0.3, 0.4) is 0 Å². The molecule has 0 amide bonds. The van der Waals surface area contributed by atoms with Gasteiger partial charge in [-0.15, -0.1) is 11.8 Å². The van der Waals surface area contributed by atoms with Crippen LogP contribution in [0, 0.1) is 63.0 Å². The first kappa shape index (κ1) is 22.1. The van der Waals surface area contributed by atoms with Crippen molar-refractivity contribution in [2.45, 2.75) is 18.2 Å². The van der Waals surface area contributed by atoms with Crippen molar-refractivity contribution in [2.24, 2.45) is 0 Å². The van der Waals surface area contributed by atoms with Gasteiger partial charge >= 0.3 is 17.1 Å². The number of nitrogens with zero attached hydrogens (tertiary/aromatic N) is 1. The Labute approximate surface area is 164 Å². The maximum absolute atomic E-state index is 2.29. The van der Waals surface area contributed by atoms with Gasteiger partial charge < -0.3 is 4.90 Å². The van der Waals surface area contributed by atoms with Crippen LogP contribution >= 0.6 is 11.8 Å². The number of rotatable bonds is 5. The molecule has 0 unspecified atom stereocenters. The maximum Gasteiger partial charge on any atom is 2.00 e. The van der Waals surface area contributed by atoms with E-state index in [1.807, 2.05) is 43.9 Å². The fourth-order valence-corrected chi connectivity index (χ4v) is 3.60. The molecule has 0 aromatic heterocycles. The summed E-state index contributed by atoms with van der Waals surface area (Å²) in [5.74, 6) is 0. The van der Waals surface area contributed by atoms with E-state index >= 15 is 0 Å². The number of benzene rings is 1. The molecule has 0 bridgehead atoms. The summed E-state index contributed by atoms with van der Waals surface area (Å²) in [5, 5.41) is 1.81. The van der Waals surface area contributed by atoms with Crippen LogP contribution in [-0.4, -0.2) is 25.0 Å². The minimum absolute atomic E-state index is 0. The maximum atomic E-state index is 2.29. The van der Waals surface area contributed by atoms with Crippen LogP contribution in [0.5, 0.6) is 0 Å². The van der Waals surface area contributed by atoms with E-state index in [1.165, 1.54) is 10.8 Å². The van der Waals surface area contributed by atoms with Crippen LogP contribution < -0.4 is 0 Å². The molecule has 1 nitrogen and oxygen atoms in total. The average Bonchev–Trinajstić information content (AvgIpc) is 3.28. The van der Waals surface area contributed by atoms with Crippen molar-refractivity contribution >= 4 is 11.8 Å². The normalized spacial score (nSPS) is 20.2. The third-order valence-electron chi connectivity index (χ3n) is 3.83. The molecule has 0 N–H and O–H groups in total. The zero-order chi connectivity index (χ0) is 16.5. The van der Waals surface area contributed by atoms with Crippen LogP contribution in [0.2, 0.25) is 0 Å². The van der Waals surface area contributed by atoms with Gasteiger partial charge in [-0.3, -0.25) is 0 Å². The topological polar surface area (TPSA) is 3.24 Å². The largest absolute Gasteiger partial charge is 2.00 e. The predicted octanol–water partition coefficient (Wildman–Crippen LogP) is 4.79. The summed E-state index contributed by atoms with van der Waals surface area (Å²) in [4.78, 5) is 2.29. The van der Waals surface area contributed by atoms with E-state index in [9.17, 15) is 0 Å². The van der Waals surface area contributed by atoms with Crippen molar-refractivity contribution in [1.82, 2.24) is 4.90 Å². The summed E-state index contributed by atoms with van der Waals surface area (Å²) in [6.45, 7) is 2.29. The molecule has 2 aliphatic carbocycles. The first-order valence-corrected chi connectivity index (χ1v) is 8.83. The standard InChI is InChI=1S/C16H20NS.C5H5.Fe/c1-13(17(2)3)16(14-9-5-4-6-10-14)18-15-11-7-8-12-15;1-2-4-5-3-1;/h4-13,16H,1-3H3;1-5H;/q;;+2/t13-,16-;;/m0../s1. The molecule has 126 valence electrons. The first-order valence-electron chi connectivity index (χ1n) is 7.95. The van der Waals surface area contributed by atoms with Gasteiger partial charge in [0.2, 0.25) is 0 Å². The first-order chi connectivity index (χ1) is 11.2. The Morgan fingerprint density at radius 3 is 1.75 bits per heavy atom. The number of likely N-dealkylation sites (N-methyl/N-ethyl adjacent to an activating group) is 1. The fourth-order valence-electron chi connectivity index (χ4n) is 2.26. The summed E-state index contributed by atoms with van der Waals surface area (Å²) in [5.41, 5.74) is 1.39. The van der Waals surface area contributed by atoms with Gasteiger partial charge in [0, 0.05) is 16.5 Å². The van der Waals surface area contributed by atoms with Gasteiger partial charge in [-0.1, -0.05) is 30.3 Å². The van der Waals surface area contributed by atoms with Crippen molar-refractivity contribution in [3.8, 4) is 0 Å². The Kier molecular flexibility index (Phi) is 11.4. The van der Waals surface area contributed by atoms with Crippen molar-refractivity contribution in [3.63, 3.8) is 0 Å². The smallest absolute Gasteiger partial charge is 0.305 e. The van der Waals surface area contributed by atoms with E-state index < -0.39 is 0 Å². The zero-order valence-corrected chi connectivity index (χ0v) is 16.4. The second kappa shape index (κ2) is 12.4. The third-order valence-corrected chi connectivity index (χ3v) is 5.30. The minimum atomic E-state index is 0. The van der Waals surface area contributed by atoms with Crippen molar-refractivity contribution in [1.29, 1.82) is 0 Å². The van der Waals surface area contributed by atoms with Gasteiger partial charge in [-0.2, -0.15) is 0 Å². The SMILES string of the molecule is C[C@@H]([C@H](S[C]1[CH][CH][CH][CH]1)c1ccccc1)N(C)C.[CH]1[CH][CH][CH][CH]1.[Fe+2]. The second-order valence-electron chi connectivity index (χ2n) is 5.74. The molecule has 1 aromatic rings. The molecule has 3 heteroatoms. The molecule has 2 atom stereocenters. The molecule has 24 heavy (non-hydrogen) atoms. The zero-order valence-electron chi connectivity index (χ0n) is 14.4. The van der Waals surface area contributed by atoms with Gasteiger partial charge in [0.05, 0.1) is 0 Å². The van der Waals surface area contributed by atoms with E-state index in [2.05, 4.69) is 81.9 Å². The molecule has 2 fully saturated rings. The number of hydrogen-bond donors (Lipinski definition) is 0. The molecule has 0 heterocycles. The minimum Gasteiger partial charge on any atom is -0.305 e. The summed E-state index contributed by atoms with van der Waals surface area (Å²) in [6, 6.07) is 11.3. The quantitative estimate of drug-likeness (QED) is 0.677. The molecule has 1 aromatic carbocycles. The molecule has 0 saturated heterocycles. The molecular formula is C21H25FeNS+2. The van der Waals surface area contributed by atoms with Crippen LogP contribution in [0.4, 0.5) is 0 Å². The van der Waals surface area contributed by atoms with Crippen molar-refractivity contribution < 1.29 is 17.1 Å². The van der Waals surface area contributed by atoms with Gasteiger partial charge in [0.25, 0.3) is 0 Å². The van der Waals surface area contributed by atoms with Gasteiger partial charge in [0.15, 0.2) is 0 Å². The second-order valence-corrected chi connectivity index (χ2v) is 6.95. The molecule has 2 aliphatic rings. The average molecular weight is 379 g/mol. The Balaban J connectivity index is 0.000000412. The van der Waals surface area contributed by atoms with E-state index in [1.54, 1.807) is 0 Å². The Morgan fingerprint density at radius 2 is 1.29 bits per heavy atom. The van der Waals surface area contributed by atoms with E-state index in [-0.39, 0.29) is 17.1 Å². The van der Waals surface area contributed by atoms with Crippen LogP contribution in [-0.2, 0) is 17.1 Å². The van der Waals surface area contributed by atoms with Gasteiger partial charge in [0.1, 0.15) is 0 Å². The molecular weight excluding hydrogens is 354 g/mol. The van der Waals surface area contributed by atoms with Gasteiger partial charge in [-0.05, 0) is 84.4 Å². The van der Waals surface area contributed by atoms with Crippen LogP contribution in [0.25, 0.3) is 0 Å². The summed E-state index contributed by atoms with van der Waals surface area (Å²) in [6.07, 6.45) is 18.6. The monoisotopic (exact) mass is 379 g/mol. The van der Waals surface area contributed by atoms with Gasteiger partial charge in [-0.25, -0.2) is 0 Å². The number of thioether (sulfide) groups is 1. The molecule has 2 saturated carbocycles. The Bertz CT molecular complexity index is 405. The molecule has 0 spiro atoms. The fraction of sp³-hybridized carbons (Fsp3) is 0.238. The Morgan fingerprint density at radius 1 is 0.792 bits per heavy atom. The summed E-state index contributed by atoms with van der Waals surface area (Å²) < 4.78 is 0. The predicted molar refractivity (Wildman–Crippen MR) is 102 cm³/mol. The molecule has 0 aliphatic heterocycles. The van der Waals surface area contributed by atoms with Crippen molar-refractivity contribution in [3.05, 3.63) is 98.9 Å². The third kappa shape index (κ3) is 7.52. The summed E-state index contributed by atoms with van der Waals surface area (Å²) >= 11 is 1.94. The molecule has 3 rings (SSSR count). The van der Waals surface area contributed by atoms with E-state index in [4.69, 9.17) is 0 Å². The van der Waals surface area contributed by atoms with Crippen LogP contribution in [0.1, 0.15) is 17.7 Å². The van der Waals surface area contributed by atoms with E-state index in [0.29, 0.717) is 11.3 Å².